The fraction of sp³-hybridized carbons (Fsp3) is 0.929. The van der Waals surface area contributed by atoms with Gasteiger partial charge in [-0.25, -0.2) is 0 Å². The average Bonchev–Trinajstić information content (AvgIpc) is 2.27. The lowest BCUT2D eigenvalue weighted by molar-refractivity contribution is -0.143. The first kappa shape index (κ1) is 14.5. The summed E-state index contributed by atoms with van der Waals surface area (Å²) in [6.45, 7) is 6.86. The Balaban J connectivity index is 2.67. The third-order valence-corrected chi connectivity index (χ3v) is 4.23. The Morgan fingerprint density at radius 3 is 2.47 bits per heavy atom. The molecule has 1 aliphatic rings. The van der Waals surface area contributed by atoms with Gasteiger partial charge in [-0.1, -0.05) is 33.6 Å². The molecule has 0 aromatic rings. The van der Waals surface area contributed by atoms with Gasteiger partial charge in [-0.15, -0.1) is 0 Å². The number of carbonyl (C=O) groups is 1. The van der Waals surface area contributed by atoms with Crippen LogP contribution in [-0.4, -0.2) is 30.4 Å². The molecular weight excluding hydrogens is 212 g/mol. The summed E-state index contributed by atoms with van der Waals surface area (Å²) in [6.07, 6.45) is 5.73. The SMILES string of the molecule is CC1CCCCC1N(C)C(=O)C(C)(C)CCN. The van der Waals surface area contributed by atoms with Crippen LogP contribution in [0.2, 0.25) is 0 Å². The van der Waals surface area contributed by atoms with Crippen molar-refractivity contribution in [3.05, 3.63) is 0 Å². The minimum Gasteiger partial charge on any atom is -0.342 e. The van der Waals surface area contributed by atoms with Crippen LogP contribution in [-0.2, 0) is 4.79 Å². The second-order valence-corrected chi connectivity index (χ2v) is 6.17. The highest BCUT2D eigenvalue weighted by atomic mass is 16.2. The van der Waals surface area contributed by atoms with Crippen molar-refractivity contribution < 1.29 is 4.79 Å². The highest BCUT2D eigenvalue weighted by Crippen LogP contribution is 2.31. The average molecular weight is 240 g/mol. The Kier molecular flexibility index (Phi) is 4.99. The van der Waals surface area contributed by atoms with Gasteiger partial charge < -0.3 is 10.6 Å². The van der Waals surface area contributed by atoms with Crippen molar-refractivity contribution in [3.63, 3.8) is 0 Å². The summed E-state index contributed by atoms with van der Waals surface area (Å²) in [5.74, 6) is 0.882. The van der Waals surface area contributed by atoms with E-state index < -0.39 is 0 Å². The van der Waals surface area contributed by atoms with E-state index in [2.05, 4.69) is 6.92 Å². The predicted octanol–water partition coefficient (Wildman–Crippen LogP) is 2.40. The molecule has 0 radical (unpaired) electrons. The van der Waals surface area contributed by atoms with Gasteiger partial charge in [0.1, 0.15) is 0 Å². The molecule has 2 unspecified atom stereocenters. The number of hydrogen-bond donors (Lipinski definition) is 1. The summed E-state index contributed by atoms with van der Waals surface area (Å²) in [6, 6.07) is 0.424. The molecule has 1 aliphatic carbocycles. The molecule has 1 rings (SSSR count). The van der Waals surface area contributed by atoms with Gasteiger partial charge in [0.15, 0.2) is 0 Å². The van der Waals surface area contributed by atoms with Crippen molar-refractivity contribution in [1.29, 1.82) is 0 Å². The molecule has 0 heterocycles. The third kappa shape index (κ3) is 3.44. The van der Waals surface area contributed by atoms with Crippen LogP contribution in [0.4, 0.5) is 0 Å². The van der Waals surface area contributed by atoms with Gasteiger partial charge >= 0.3 is 0 Å². The van der Waals surface area contributed by atoms with Gasteiger partial charge in [-0.3, -0.25) is 4.79 Å². The molecule has 1 fully saturated rings. The Hall–Kier alpha value is -0.570. The van der Waals surface area contributed by atoms with E-state index in [9.17, 15) is 4.79 Å². The van der Waals surface area contributed by atoms with Crippen LogP contribution < -0.4 is 5.73 Å². The molecular formula is C14H28N2O. The molecule has 0 aliphatic heterocycles. The topological polar surface area (TPSA) is 46.3 Å². The summed E-state index contributed by atoms with van der Waals surface area (Å²) in [5.41, 5.74) is 5.27. The summed E-state index contributed by atoms with van der Waals surface area (Å²) >= 11 is 0. The molecule has 3 heteroatoms. The lowest BCUT2D eigenvalue weighted by Gasteiger charge is -2.40. The van der Waals surface area contributed by atoms with E-state index in [0.29, 0.717) is 18.5 Å². The van der Waals surface area contributed by atoms with Crippen LogP contribution in [0, 0.1) is 11.3 Å². The number of amides is 1. The molecule has 100 valence electrons. The normalized spacial score (nSPS) is 25.7. The summed E-state index contributed by atoms with van der Waals surface area (Å²) in [4.78, 5) is 14.5. The Bertz CT molecular complexity index is 263. The van der Waals surface area contributed by atoms with Crippen molar-refractivity contribution >= 4 is 5.91 Å². The summed E-state index contributed by atoms with van der Waals surface area (Å²) < 4.78 is 0. The quantitative estimate of drug-likeness (QED) is 0.820. The molecule has 3 nitrogen and oxygen atoms in total. The zero-order valence-electron chi connectivity index (χ0n) is 11.8. The number of hydrogen-bond acceptors (Lipinski definition) is 2. The van der Waals surface area contributed by atoms with Crippen LogP contribution in [0.3, 0.4) is 0 Å². The number of nitrogens with two attached hydrogens (primary N) is 1. The zero-order valence-corrected chi connectivity index (χ0v) is 11.8. The summed E-state index contributed by atoms with van der Waals surface area (Å²) in [5, 5.41) is 0. The van der Waals surface area contributed by atoms with Crippen LogP contribution >= 0.6 is 0 Å². The van der Waals surface area contributed by atoms with E-state index in [1.54, 1.807) is 0 Å². The largest absolute Gasteiger partial charge is 0.342 e. The predicted molar refractivity (Wildman–Crippen MR) is 71.6 cm³/mol. The van der Waals surface area contributed by atoms with Gasteiger partial charge in [0.05, 0.1) is 0 Å². The van der Waals surface area contributed by atoms with Crippen molar-refractivity contribution in [3.8, 4) is 0 Å². The highest BCUT2D eigenvalue weighted by molar-refractivity contribution is 5.82. The molecule has 1 saturated carbocycles. The Labute approximate surface area is 106 Å². The fourth-order valence-electron chi connectivity index (χ4n) is 2.97. The van der Waals surface area contributed by atoms with Gasteiger partial charge in [0.2, 0.25) is 5.91 Å². The van der Waals surface area contributed by atoms with Crippen molar-refractivity contribution in [2.75, 3.05) is 13.6 Å². The number of nitrogens with zero attached hydrogens (tertiary/aromatic N) is 1. The zero-order chi connectivity index (χ0) is 13.1. The maximum Gasteiger partial charge on any atom is 0.228 e. The van der Waals surface area contributed by atoms with E-state index >= 15 is 0 Å². The minimum atomic E-state index is -0.319. The lowest BCUT2D eigenvalue weighted by Crippen LogP contribution is -2.48. The van der Waals surface area contributed by atoms with E-state index in [1.165, 1.54) is 19.3 Å². The van der Waals surface area contributed by atoms with Gasteiger partial charge in [0, 0.05) is 18.5 Å². The molecule has 0 saturated heterocycles. The first-order chi connectivity index (χ1) is 7.90. The first-order valence-corrected chi connectivity index (χ1v) is 6.87. The molecule has 2 N–H and O–H groups in total. The monoisotopic (exact) mass is 240 g/mol. The molecule has 0 aromatic carbocycles. The first-order valence-electron chi connectivity index (χ1n) is 6.87. The second-order valence-electron chi connectivity index (χ2n) is 6.17. The van der Waals surface area contributed by atoms with Crippen molar-refractivity contribution in [2.24, 2.45) is 17.1 Å². The Morgan fingerprint density at radius 1 is 1.35 bits per heavy atom. The maximum atomic E-state index is 12.5. The van der Waals surface area contributed by atoms with E-state index in [0.717, 1.165) is 12.8 Å². The van der Waals surface area contributed by atoms with E-state index in [4.69, 9.17) is 5.73 Å². The molecule has 2 atom stereocenters. The van der Waals surface area contributed by atoms with Gasteiger partial charge in [0.25, 0.3) is 0 Å². The van der Waals surface area contributed by atoms with Crippen LogP contribution in [0.15, 0.2) is 0 Å². The summed E-state index contributed by atoms with van der Waals surface area (Å²) in [7, 11) is 1.97. The van der Waals surface area contributed by atoms with Crippen LogP contribution in [0.5, 0.6) is 0 Å². The maximum absolute atomic E-state index is 12.5. The standard InChI is InChI=1S/C14H28N2O/c1-11-7-5-6-8-12(11)16(4)13(17)14(2,3)9-10-15/h11-12H,5-10,15H2,1-4H3. The van der Waals surface area contributed by atoms with Crippen LogP contribution in [0.25, 0.3) is 0 Å². The molecule has 0 aromatic heterocycles. The molecule has 17 heavy (non-hydrogen) atoms. The minimum absolute atomic E-state index is 0.252. The highest BCUT2D eigenvalue weighted by Gasteiger charge is 2.35. The third-order valence-electron chi connectivity index (χ3n) is 4.23. The van der Waals surface area contributed by atoms with E-state index in [1.807, 2.05) is 25.8 Å². The van der Waals surface area contributed by atoms with Gasteiger partial charge in [-0.2, -0.15) is 0 Å². The fourth-order valence-corrected chi connectivity index (χ4v) is 2.97. The number of rotatable bonds is 4. The smallest absolute Gasteiger partial charge is 0.228 e. The molecule has 0 bridgehead atoms. The molecule has 0 spiro atoms. The lowest BCUT2D eigenvalue weighted by atomic mass is 9.82. The van der Waals surface area contributed by atoms with E-state index in [-0.39, 0.29) is 11.3 Å². The van der Waals surface area contributed by atoms with Crippen molar-refractivity contribution in [2.45, 2.75) is 58.9 Å². The van der Waals surface area contributed by atoms with Crippen molar-refractivity contribution in [1.82, 2.24) is 4.90 Å². The van der Waals surface area contributed by atoms with Gasteiger partial charge in [-0.05, 0) is 31.7 Å². The number of carbonyl (C=O) groups excluding carboxylic acids is 1. The molecule has 1 amide bonds. The Morgan fingerprint density at radius 2 is 1.94 bits per heavy atom. The van der Waals surface area contributed by atoms with Crippen LogP contribution in [0.1, 0.15) is 52.9 Å². The second kappa shape index (κ2) is 5.85.